The molecule has 1 fully saturated rings. The van der Waals surface area contributed by atoms with Gasteiger partial charge in [-0.3, -0.25) is 14.7 Å². The monoisotopic (exact) mass is 484 g/mol. The molecule has 36 heavy (non-hydrogen) atoms. The second-order valence-corrected chi connectivity index (χ2v) is 9.22. The van der Waals surface area contributed by atoms with Gasteiger partial charge in [-0.1, -0.05) is 24.6 Å². The number of ketones is 1. The molecule has 1 saturated heterocycles. The summed E-state index contributed by atoms with van der Waals surface area (Å²) in [4.78, 5) is 31.6. The summed E-state index contributed by atoms with van der Waals surface area (Å²) in [6.45, 7) is 3.14. The Kier molecular flexibility index (Phi) is 6.57. The predicted molar refractivity (Wildman–Crippen MR) is 135 cm³/mol. The van der Waals surface area contributed by atoms with E-state index in [0.717, 1.165) is 36.9 Å². The number of esters is 1. The average Bonchev–Trinajstić information content (AvgIpc) is 3.23. The first-order chi connectivity index (χ1) is 17.5. The molecule has 1 N–H and O–H groups in total. The number of ether oxygens (including phenoxy) is 2. The smallest absolute Gasteiger partial charge is 0.337 e. The highest BCUT2D eigenvalue weighted by Gasteiger charge is 2.35. The van der Waals surface area contributed by atoms with Crippen LogP contribution in [0.4, 0.5) is 0 Å². The first kappa shape index (κ1) is 23.8. The lowest BCUT2D eigenvalue weighted by Gasteiger charge is -2.36. The largest absolute Gasteiger partial charge is 0.507 e. The van der Waals surface area contributed by atoms with Gasteiger partial charge in [-0.25, -0.2) is 4.79 Å². The Labute approximate surface area is 210 Å². The molecule has 0 radical (unpaired) electrons. The molecule has 0 aliphatic carbocycles. The Balaban J connectivity index is 1.46. The molecule has 0 unspecified atom stereocenters. The van der Waals surface area contributed by atoms with Crippen LogP contribution in [-0.4, -0.2) is 40.4 Å². The van der Waals surface area contributed by atoms with Crippen molar-refractivity contribution in [2.24, 2.45) is 0 Å². The summed E-state index contributed by atoms with van der Waals surface area (Å²) in [6.07, 6.45) is 8.53. The molecule has 0 amide bonds. The number of benzene rings is 2. The number of Topliss-reactive ketones (excluding diaryl/α,β-unsaturated/α-hetero) is 1. The van der Waals surface area contributed by atoms with E-state index in [9.17, 15) is 14.7 Å². The summed E-state index contributed by atoms with van der Waals surface area (Å²) in [5.74, 6) is 0.0907. The number of phenols is 1. The fourth-order valence-electron chi connectivity index (χ4n) is 5.05. The number of hydrogen-bond acceptors (Lipinski definition) is 7. The Morgan fingerprint density at radius 2 is 2.06 bits per heavy atom. The van der Waals surface area contributed by atoms with Crippen molar-refractivity contribution in [1.29, 1.82) is 0 Å². The van der Waals surface area contributed by atoms with Gasteiger partial charge < -0.3 is 14.6 Å². The van der Waals surface area contributed by atoms with Crippen molar-refractivity contribution in [3.8, 4) is 11.5 Å². The summed E-state index contributed by atoms with van der Waals surface area (Å²) in [6, 6.07) is 12.6. The van der Waals surface area contributed by atoms with E-state index in [-0.39, 0.29) is 23.3 Å². The van der Waals surface area contributed by atoms with E-state index in [1.54, 1.807) is 49.5 Å². The Morgan fingerprint density at radius 3 is 2.78 bits per heavy atom. The number of carbonyl (C=O) groups is 2. The summed E-state index contributed by atoms with van der Waals surface area (Å²) in [5.41, 5.74) is 4.06. The molecule has 1 aromatic heterocycles. The van der Waals surface area contributed by atoms with Crippen LogP contribution in [0.5, 0.6) is 11.5 Å². The number of allylic oxidation sites excluding steroid dienone is 1. The third-order valence-electron chi connectivity index (χ3n) is 6.89. The van der Waals surface area contributed by atoms with Crippen LogP contribution in [0.2, 0.25) is 0 Å². The predicted octanol–water partition coefficient (Wildman–Crippen LogP) is 5.23. The Bertz CT molecular complexity index is 1330. The minimum absolute atomic E-state index is 0.123. The number of piperidine rings is 1. The van der Waals surface area contributed by atoms with Gasteiger partial charge in [-0.05, 0) is 73.3 Å². The van der Waals surface area contributed by atoms with E-state index in [1.165, 1.54) is 7.11 Å². The van der Waals surface area contributed by atoms with Crippen LogP contribution in [-0.2, 0) is 11.3 Å². The highest BCUT2D eigenvalue weighted by atomic mass is 16.5. The maximum Gasteiger partial charge on any atom is 0.337 e. The van der Waals surface area contributed by atoms with E-state index >= 15 is 0 Å². The number of aryl methyl sites for hydroxylation is 1. The molecule has 7 nitrogen and oxygen atoms in total. The van der Waals surface area contributed by atoms with Gasteiger partial charge in [0.05, 0.1) is 23.8 Å². The van der Waals surface area contributed by atoms with Crippen molar-refractivity contribution in [3.05, 3.63) is 94.0 Å². The first-order valence-electron chi connectivity index (χ1n) is 12.1. The summed E-state index contributed by atoms with van der Waals surface area (Å²) < 4.78 is 10.9. The van der Waals surface area contributed by atoms with E-state index in [2.05, 4.69) is 16.0 Å². The molecule has 0 bridgehead atoms. The number of likely N-dealkylation sites (tertiary alicyclic amines) is 1. The second-order valence-electron chi connectivity index (χ2n) is 9.22. The number of phenolic OH excluding ortho intramolecular Hbond substituents is 1. The molecular formula is C29H28N2O5. The number of hydrogen-bond donors (Lipinski definition) is 1. The summed E-state index contributed by atoms with van der Waals surface area (Å²) >= 11 is 0. The standard InChI is InChI=1S/C29H28N2O5/c1-18-14-24(32)22(17-31-13-4-3-7-23(31)21-6-5-12-30-16-21)28-26(18)27(33)25(36-28)15-19-8-10-20(11-9-19)29(34)35-2/h5-6,8-12,14-16,23,32H,3-4,7,13,17H2,1-2H3/b25-15-/t23-/m0/s1. The lowest BCUT2D eigenvalue weighted by molar-refractivity contribution is 0.0600. The third kappa shape index (κ3) is 4.50. The fourth-order valence-corrected chi connectivity index (χ4v) is 5.05. The summed E-state index contributed by atoms with van der Waals surface area (Å²) in [5, 5.41) is 10.9. The van der Waals surface area contributed by atoms with E-state index in [4.69, 9.17) is 9.47 Å². The summed E-state index contributed by atoms with van der Waals surface area (Å²) in [7, 11) is 1.33. The van der Waals surface area contributed by atoms with Crippen LogP contribution in [0, 0.1) is 6.92 Å². The molecule has 2 aromatic carbocycles. The molecule has 184 valence electrons. The number of pyridine rings is 1. The van der Waals surface area contributed by atoms with Gasteiger partial charge in [0.2, 0.25) is 5.78 Å². The zero-order valence-corrected chi connectivity index (χ0v) is 20.4. The molecule has 7 heteroatoms. The van der Waals surface area contributed by atoms with Gasteiger partial charge in [0.1, 0.15) is 11.5 Å². The van der Waals surface area contributed by atoms with Crippen molar-refractivity contribution >= 4 is 17.8 Å². The second kappa shape index (κ2) is 9.95. The van der Waals surface area contributed by atoms with Crippen molar-refractivity contribution in [2.75, 3.05) is 13.7 Å². The molecule has 2 aliphatic heterocycles. The molecule has 5 rings (SSSR count). The number of rotatable bonds is 5. The van der Waals surface area contributed by atoms with E-state index < -0.39 is 5.97 Å². The molecule has 0 saturated carbocycles. The van der Waals surface area contributed by atoms with Gasteiger partial charge in [-0.15, -0.1) is 0 Å². The SMILES string of the molecule is COC(=O)c1ccc(/C=C2\Oc3c(CN4CCCC[C@H]4c4cccnc4)c(O)cc(C)c3C2=O)cc1. The van der Waals surface area contributed by atoms with Crippen LogP contribution in [0.3, 0.4) is 0 Å². The van der Waals surface area contributed by atoms with Crippen LogP contribution in [0.15, 0.2) is 60.6 Å². The van der Waals surface area contributed by atoms with Gasteiger partial charge in [0.25, 0.3) is 0 Å². The number of methoxy groups -OCH3 is 1. The van der Waals surface area contributed by atoms with E-state index in [0.29, 0.717) is 34.5 Å². The maximum atomic E-state index is 13.3. The molecule has 3 aromatic rings. The highest BCUT2D eigenvalue weighted by molar-refractivity contribution is 6.15. The molecular weight excluding hydrogens is 456 g/mol. The van der Waals surface area contributed by atoms with Gasteiger partial charge in [-0.2, -0.15) is 0 Å². The molecule has 2 aliphatic rings. The molecule has 0 spiro atoms. The van der Waals surface area contributed by atoms with Crippen molar-refractivity contribution in [1.82, 2.24) is 9.88 Å². The topological polar surface area (TPSA) is 89.0 Å². The minimum Gasteiger partial charge on any atom is -0.507 e. The first-order valence-corrected chi connectivity index (χ1v) is 12.1. The van der Waals surface area contributed by atoms with Gasteiger partial charge in [0, 0.05) is 25.0 Å². The van der Waals surface area contributed by atoms with Crippen LogP contribution >= 0.6 is 0 Å². The van der Waals surface area contributed by atoms with Gasteiger partial charge in [0.15, 0.2) is 5.76 Å². The van der Waals surface area contributed by atoms with E-state index in [1.807, 2.05) is 12.3 Å². The molecule has 3 heterocycles. The third-order valence-corrected chi connectivity index (χ3v) is 6.89. The fraction of sp³-hybridized carbons (Fsp3) is 0.276. The Morgan fingerprint density at radius 1 is 1.25 bits per heavy atom. The van der Waals surface area contributed by atoms with Crippen LogP contribution in [0.1, 0.15) is 68.3 Å². The normalized spacial score (nSPS) is 18.7. The zero-order chi connectivity index (χ0) is 25.2. The Hall–Kier alpha value is -3.97. The van der Waals surface area contributed by atoms with Crippen molar-refractivity contribution < 1.29 is 24.2 Å². The minimum atomic E-state index is -0.423. The number of fused-ring (bicyclic) bond motifs is 1. The highest BCUT2D eigenvalue weighted by Crippen LogP contribution is 2.44. The number of aromatic hydroxyl groups is 1. The van der Waals surface area contributed by atoms with Crippen molar-refractivity contribution in [3.63, 3.8) is 0 Å². The van der Waals surface area contributed by atoms with Crippen LogP contribution in [0.25, 0.3) is 6.08 Å². The average molecular weight is 485 g/mol. The van der Waals surface area contributed by atoms with Gasteiger partial charge >= 0.3 is 5.97 Å². The zero-order valence-electron chi connectivity index (χ0n) is 20.4. The number of aromatic nitrogens is 1. The lowest BCUT2D eigenvalue weighted by Crippen LogP contribution is -2.33. The maximum absolute atomic E-state index is 13.3. The number of nitrogens with zero attached hydrogens (tertiary/aromatic N) is 2. The lowest BCUT2D eigenvalue weighted by atomic mass is 9.94. The van der Waals surface area contributed by atoms with Crippen LogP contribution < -0.4 is 4.74 Å². The number of carbonyl (C=O) groups excluding carboxylic acids is 2. The molecule has 1 atom stereocenters. The quantitative estimate of drug-likeness (QED) is 0.392. The van der Waals surface area contributed by atoms with Crippen molar-refractivity contribution in [2.45, 2.75) is 38.8 Å².